The van der Waals surface area contributed by atoms with Crippen LogP contribution in [0.2, 0.25) is 0 Å². The zero-order valence-electron chi connectivity index (χ0n) is 5.91. The molecule has 12 heavy (non-hydrogen) atoms. The monoisotopic (exact) mass is 260 g/mol. The van der Waals surface area contributed by atoms with Crippen molar-refractivity contribution in [2.24, 2.45) is 0 Å². The Bertz CT molecular complexity index is 436. The van der Waals surface area contributed by atoms with Crippen LogP contribution >= 0.6 is 39.9 Å². The van der Waals surface area contributed by atoms with Crippen LogP contribution in [0.25, 0.3) is 10.1 Å². The molecule has 0 aliphatic carbocycles. The Morgan fingerprint density at radius 1 is 1.42 bits per heavy atom. The molecule has 0 saturated carbocycles. The number of thiol groups is 1. The van der Waals surface area contributed by atoms with Gasteiger partial charge in [0.25, 0.3) is 0 Å². The van der Waals surface area contributed by atoms with Crippen LogP contribution in [0.1, 0.15) is 0 Å². The highest BCUT2D eigenvalue weighted by molar-refractivity contribution is 9.11. The highest BCUT2D eigenvalue weighted by Crippen LogP contribution is 2.41. The van der Waals surface area contributed by atoms with Gasteiger partial charge in [0.15, 0.2) is 0 Å². The first kappa shape index (κ1) is 8.41. The predicted octanol–water partition coefficient (Wildman–Crippen LogP) is 3.66. The molecule has 0 saturated heterocycles. The molecular weight excluding hydrogens is 256 g/mol. The highest BCUT2D eigenvalue weighted by atomic mass is 79.9. The smallest absolute Gasteiger partial charge is 0.133 e. The van der Waals surface area contributed by atoms with Gasteiger partial charge in [-0.05, 0) is 22.0 Å². The molecule has 0 fully saturated rings. The minimum Gasteiger partial charge on any atom is -0.506 e. The summed E-state index contributed by atoms with van der Waals surface area (Å²) in [6, 6.07) is 5.44. The molecule has 1 nitrogen and oxygen atoms in total. The van der Waals surface area contributed by atoms with Crippen molar-refractivity contribution in [1.82, 2.24) is 0 Å². The quantitative estimate of drug-likeness (QED) is 0.693. The number of halogens is 1. The van der Waals surface area contributed by atoms with E-state index in [0.717, 1.165) is 18.8 Å². The van der Waals surface area contributed by atoms with Crippen LogP contribution < -0.4 is 0 Å². The molecule has 0 bridgehead atoms. The third-order valence-corrected chi connectivity index (χ3v) is 4.45. The molecule has 4 heteroatoms. The predicted molar refractivity (Wildman–Crippen MR) is 58.4 cm³/mol. The summed E-state index contributed by atoms with van der Waals surface area (Å²) in [7, 11) is 0. The van der Waals surface area contributed by atoms with Crippen LogP contribution in [-0.4, -0.2) is 5.11 Å². The van der Waals surface area contributed by atoms with E-state index < -0.39 is 0 Å². The summed E-state index contributed by atoms with van der Waals surface area (Å²) in [6.07, 6.45) is 0. The second-order valence-corrected chi connectivity index (χ2v) is 5.16. The fourth-order valence-electron chi connectivity index (χ4n) is 1.06. The molecule has 1 heterocycles. The number of hydrogen-bond acceptors (Lipinski definition) is 3. The molecule has 0 amide bonds. The summed E-state index contributed by atoms with van der Waals surface area (Å²) in [5, 5.41) is 10.5. The van der Waals surface area contributed by atoms with Crippen molar-refractivity contribution in [2.75, 3.05) is 0 Å². The number of phenolic OH excluding ortho intramolecular Hbond substituents is 1. The first-order valence-electron chi connectivity index (χ1n) is 3.29. The van der Waals surface area contributed by atoms with Gasteiger partial charge in [0.1, 0.15) is 5.75 Å². The molecule has 62 valence electrons. The zero-order chi connectivity index (χ0) is 8.72. The van der Waals surface area contributed by atoms with Gasteiger partial charge in [-0.15, -0.1) is 24.0 Å². The molecule has 0 aliphatic rings. The molecule has 1 aromatic heterocycles. The summed E-state index contributed by atoms with van der Waals surface area (Å²) in [5.74, 6) is 0.318. The lowest BCUT2D eigenvalue weighted by Crippen LogP contribution is -1.65. The van der Waals surface area contributed by atoms with E-state index in [1.165, 1.54) is 11.3 Å². The van der Waals surface area contributed by atoms with E-state index in [9.17, 15) is 5.11 Å². The molecule has 1 aromatic carbocycles. The lowest BCUT2D eigenvalue weighted by atomic mass is 10.2. The Labute approximate surface area is 87.6 Å². The first-order chi connectivity index (χ1) is 5.70. The Hall–Kier alpha value is -0.190. The van der Waals surface area contributed by atoms with Crippen LogP contribution in [0, 0.1) is 0 Å². The second kappa shape index (κ2) is 2.94. The van der Waals surface area contributed by atoms with Crippen molar-refractivity contribution < 1.29 is 5.11 Å². The van der Waals surface area contributed by atoms with Crippen molar-refractivity contribution in [2.45, 2.75) is 4.90 Å². The maximum absolute atomic E-state index is 9.46. The van der Waals surface area contributed by atoms with Crippen LogP contribution in [0.3, 0.4) is 0 Å². The van der Waals surface area contributed by atoms with Gasteiger partial charge in [0.05, 0.1) is 8.49 Å². The van der Waals surface area contributed by atoms with E-state index in [2.05, 4.69) is 28.6 Å². The molecule has 0 unspecified atom stereocenters. The average molecular weight is 261 g/mol. The van der Waals surface area contributed by atoms with Crippen molar-refractivity contribution >= 4 is 50.0 Å². The molecule has 0 aliphatic heterocycles. The number of aromatic hydroxyl groups is 1. The summed E-state index contributed by atoms with van der Waals surface area (Å²) in [5.41, 5.74) is 0. The van der Waals surface area contributed by atoms with Gasteiger partial charge in [-0.2, -0.15) is 0 Å². The normalized spacial score (nSPS) is 10.8. The van der Waals surface area contributed by atoms with Crippen molar-refractivity contribution in [3.8, 4) is 5.75 Å². The van der Waals surface area contributed by atoms with E-state index in [4.69, 9.17) is 0 Å². The lowest BCUT2D eigenvalue weighted by Gasteiger charge is -1.92. The summed E-state index contributed by atoms with van der Waals surface area (Å²) in [4.78, 5) is 0.894. The standard InChI is InChI=1S/C8H5BrOS2/c9-8-6(11)4-2-1-3-5(10)7(4)12-8/h1-3,10-11H. The van der Waals surface area contributed by atoms with Crippen LogP contribution in [0.5, 0.6) is 5.75 Å². The number of phenols is 1. The second-order valence-electron chi connectivity index (χ2n) is 2.38. The number of benzene rings is 1. The van der Waals surface area contributed by atoms with Crippen molar-refractivity contribution in [1.29, 1.82) is 0 Å². The van der Waals surface area contributed by atoms with Crippen LogP contribution in [0.15, 0.2) is 26.9 Å². The highest BCUT2D eigenvalue weighted by Gasteiger charge is 2.08. The SMILES string of the molecule is Oc1cccc2c(S)c(Br)sc12. The minimum absolute atomic E-state index is 0.318. The number of rotatable bonds is 0. The molecule has 0 spiro atoms. The molecule has 1 N–H and O–H groups in total. The number of hydrogen-bond donors (Lipinski definition) is 2. The Balaban J connectivity index is 2.95. The maximum Gasteiger partial charge on any atom is 0.133 e. The van der Waals surface area contributed by atoms with Crippen molar-refractivity contribution in [3.05, 3.63) is 22.0 Å². The fourth-order valence-corrected chi connectivity index (χ4v) is 3.00. The van der Waals surface area contributed by atoms with Gasteiger partial charge in [-0.3, -0.25) is 0 Å². The lowest BCUT2D eigenvalue weighted by molar-refractivity contribution is 0.482. The van der Waals surface area contributed by atoms with Gasteiger partial charge in [0, 0.05) is 10.3 Å². The van der Waals surface area contributed by atoms with E-state index in [0.29, 0.717) is 5.75 Å². The van der Waals surface area contributed by atoms with Gasteiger partial charge >= 0.3 is 0 Å². The summed E-state index contributed by atoms with van der Waals surface area (Å²) < 4.78 is 1.84. The van der Waals surface area contributed by atoms with E-state index in [1.807, 2.05) is 12.1 Å². The first-order valence-corrected chi connectivity index (χ1v) is 5.35. The van der Waals surface area contributed by atoms with Gasteiger partial charge in [0.2, 0.25) is 0 Å². The summed E-state index contributed by atoms with van der Waals surface area (Å²) >= 11 is 9.18. The fraction of sp³-hybridized carbons (Fsp3) is 0. The number of thiophene rings is 1. The third-order valence-electron chi connectivity index (χ3n) is 1.63. The average Bonchev–Trinajstić information content (AvgIpc) is 2.32. The number of fused-ring (bicyclic) bond motifs is 1. The van der Waals surface area contributed by atoms with E-state index >= 15 is 0 Å². The maximum atomic E-state index is 9.46. The van der Waals surface area contributed by atoms with Gasteiger partial charge in [-0.25, -0.2) is 0 Å². The third kappa shape index (κ3) is 1.14. The van der Waals surface area contributed by atoms with Crippen LogP contribution in [-0.2, 0) is 0 Å². The van der Waals surface area contributed by atoms with Gasteiger partial charge < -0.3 is 5.11 Å². The zero-order valence-corrected chi connectivity index (χ0v) is 9.21. The molecule has 0 radical (unpaired) electrons. The van der Waals surface area contributed by atoms with Crippen molar-refractivity contribution in [3.63, 3.8) is 0 Å². The molecule has 0 atom stereocenters. The minimum atomic E-state index is 0.318. The van der Waals surface area contributed by atoms with E-state index in [-0.39, 0.29) is 0 Å². The molecule has 2 rings (SSSR count). The van der Waals surface area contributed by atoms with E-state index in [1.54, 1.807) is 6.07 Å². The summed E-state index contributed by atoms with van der Waals surface area (Å²) in [6.45, 7) is 0. The van der Waals surface area contributed by atoms with Gasteiger partial charge in [-0.1, -0.05) is 12.1 Å². The Morgan fingerprint density at radius 2 is 2.17 bits per heavy atom. The largest absolute Gasteiger partial charge is 0.506 e. The van der Waals surface area contributed by atoms with Crippen LogP contribution in [0.4, 0.5) is 0 Å². The Morgan fingerprint density at radius 3 is 2.83 bits per heavy atom. The molecule has 2 aromatic rings. The topological polar surface area (TPSA) is 20.2 Å². The molecular formula is C8H5BrOS2. The Kier molecular flexibility index (Phi) is 2.06.